The summed E-state index contributed by atoms with van der Waals surface area (Å²) in [5, 5.41) is 19.4. The van der Waals surface area contributed by atoms with Gasteiger partial charge < -0.3 is 19.1 Å². The zero-order valence-electron chi connectivity index (χ0n) is 15.8. The molecule has 1 aliphatic heterocycles. The number of aromatic nitrogens is 1. The second kappa shape index (κ2) is 7.96. The highest BCUT2D eigenvalue weighted by Gasteiger charge is 2.62. The summed E-state index contributed by atoms with van der Waals surface area (Å²) in [6.45, 7) is 1.74. The molecule has 1 unspecified atom stereocenters. The van der Waals surface area contributed by atoms with E-state index in [-0.39, 0.29) is 12.4 Å². The van der Waals surface area contributed by atoms with Crippen molar-refractivity contribution in [3.05, 3.63) is 78.1 Å². The minimum absolute atomic E-state index is 0.128. The number of fused-ring (bicyclic) bond motifs is 1. The van der Waals surface area contributed by atoms with Gasteiger partial charge in [0, 0.05) is 22.3 Å². The SMILES string of the molecule is Cc1ncc2c(c1OC(=O)C1[C@@H](O[N+](=O)[O-])[C@H]1O[N+](=O)[O-])CO[C@@H]2c1ccc(Cl)cc1. The van der Waals surface area contributed by atoms with E-state index in [1.165, 1.54) is 0 Å². The molecule has 0 radical (unpaired) electrons. The summed E-state index contributed by atoms with van der Waals surface area (Å²) in [7, 11) is 0. The Balaban J connectivity index is 1.57. The van der Waals surface area contributed by atoms with Crippen LogP contribution in [-0.4, -0.2) is 33.3 Å². The summed E-state index contributed by atoms with van der Waals surface area (Å²) < 4.78 is 11.3. The first kappa shape index (κ1) is 20.8. The molecule has 1 saturated carbocycles. The fourth-order valence-electron chi connectivity index (χ4n) is 3.48. The van der Waals surface area contributed by atoms with Gasteiger partial charge in [-0.25, -0.2) is 0 Å². The van der Waals surface area contributed by atoms with Gasteiger partial charge in [0.2, 0.25) is 0 Å². The van der Waals surface area contributed by atoms with Crippen molar-refractivity contribution < 1.29 is 34.1 Å². The summed E-state index contributed by atoms with van der Waals surface area (Å²) >= 11 is 5.93. The largest absolute Gasteiger partial charge is 0.424 e. The van der Waals surface area contributed by atoms with Crippen LogP contribution in [0, 0.1) is 33.1 Å². The zero-order chi connectivity index (χ0) is 22.3. The van der Waals surface area contributed by atoms with Crippen molar-refractivity contribution in [1.82, 2.24) is 4.98 Å². The van der Waals surface area contributed by atoms with Crippen LogP contribution >= 0.6 is 11.6 Å². The monoisotopic (exact) mass is 451 g/mol. The molecule has 0 spiro atoms. The van der Waals surface area contributed by atoms with Crippen LogP contribution < -0.4 is 4.74 Å². The molecule has 2 heterocycles. The van der Waals surface area contributed by atoms with Crippen molar-refractivity contribution in [1.29, 1.82) is 0 Å². The molecule has 13 heteroatoms. The average Bonchev–Trinajstić information content (AvgIpc) is 3.17. The Morgan fingerprint density at radius 3 is 2.35 bits per heavy atom. The molecule has 0 bridgehead atoms. The minimum atomic E-state index is -1.43. The van der Waals surface area contributed by atoms with Crippen molar-refractivity contribution >= 4 is 17.6 Å². The molecule has 4 atom stereocenters. The number of benzene rings is 1. The number of hydrogen-bond acceptors (Lipinski definition) is 10. The van der Waals surface area contributed by atoms with Crippen molar-refractivity contribution in [2.24, 2.45) is 5.92 Å². The standard InChI is InChI=1S/C18H14ClN3O9/c1-8-14(29-18(23)13-16(30-21(24)25)17(13)31-22(26)27)12-7-28-15(11(12)6-20-8)9-2-4-10(19)5-3-9/h2-6,13,15-17H,7H2,1H3/t13?,15-,16-,17+/m1/s1. The van der Waals surface area contributed by atoms with Gasteiger partial charge >= 0.3 is 5.97 Å². The van der Waals surface area contributed by atoms with E-state index in [1.807, 2.05) is 0 Å². The Labute approximate surface area is 178 Å². The third-order valence-electron chi connectivity index (χ3n) is 4.98. The van der Waals surface area contributed by atoms with E-state index in [4.69, 9.17) is 21.1 Å². The molecule has 2 aliphatic rings. The van der Waals surface area contributed by atoms with Gasteiger partial charge in [-0.05, 0) is 24.6 Å². The fourth-order valence-corrected chi connectivity index (χ4v) is 3.60. The number of carbonyl (C=O) groups excluding carboxylic acids is 1. The number of nitrogens with zero attached hydrogens (tertiary/aromatic N) is 3. The zero-order valence-corrected chi connectivity index (χ0v) is 16.6. The maximum atomic E-state index is 12.6. The highest BCUT2D eigenvalue weighted by Crippen LogP contribution is 2.43. The molecular weight excluding hydrogens is 438 g/mol. The maximum Gasteiger partial charge on any atom is 0.319 e. The van der Waals surface area contributed by atoms with E-state index in [0.717, 1.165) is 5.56 Å². The molecule has 4 rings (SSSR count). The van der Waals surface area contributed by atoms with Gasteiger partial charge in [0.15, 0.2) is 18.0 Å². The normalized spacial score (nSPS) is 23.5. The van der Waals surface area contributed by atoms with Crippen molar-refractivity contribution in [3.8, 4) is 5.75 Å². The lowest BCUT2D eigenvalue weighted by Gasteiger charge is -2.13. The number of halogens is 1. The van der Waals surface area contributed by atoms with Crippen LogP contribution in [0.3, 0.4) is 0 Å². The summed E-state index contributed by atoms with van der Waals surface area (Å²) in [5.41, 5.74) is 2.47. The molecule has 31 heavy (non-hydrogen) atoms. The lowest BCUT2D eigenvalue weighted by Crippen LogP contribution is -2.18. The molecule has 0 saturated heterocycles. The second-order valence-electron chi connectivity index (χ2n) is 6.88. The number of ether oxygens (including phenoxy) is 2. The van der Waals surface area contributed by atoms with Crippen LogP contribution in [0.2, 0.25) is 5.02 Å². The van der Waals surface area contributed by atoms with Crippen LogP contribution in [-0.2, 0) is 25.8 Å². The molecule has 0 amide bonds. The number of esters is 1. The third-order valence-corrected chi connectivity index (χ3v) is 5.23. The van der Waals surface area contributed by atoms with Crippen LogP contribution in [0.15, 0.2) is 30.5 Å². The van der Waals surface area contributed by atoms with Gasteiger partial charge in [-0.15, -0.1) is 20.2 Å². The average molecular weight is 452 g/mol. The Hall–Kier alpha value is -3.51. The van der Waals surface area contributed by atoms with Crippen LogP contribution in [0.4, 0.5) is 0 Å². The van der Waals surface area contributed by atoms with Crippen LogP contribution in [0.1, 0.15) is 28.5 Å². The van der Waals surface area contributed by atoms with E-state index >= 15 is 0 Å². The Morgan fingerprint density at radius 1 is 1.16 bits per heavy atom. The smallest absolute Gasteiger partial charge is 0.319 e. The molecule has 2 aromatic rings. The molecule has 1 aromatic heterocycles. The Kier molecular flexibility index (Phi) is 5.33. The Morgan fingerprint density at radius 2 is 1.77 bits per heavy atom. The molecule has 1 aliphatic carbocycles. The number of rotatable bonds is 7. The van der Waals surface area contributed by atoms with E-state index in [9.17, 15) is 25.0 Å². The molecule has 162 valence electrons. The minimum Gasteiger partial charge on any atom is -0.424 e. The van der Waals surface area contributed by atoms with E-state index < -0.39 is 40.4 Å². The van der Waals surface area contributed by atoms with Crippen LogP contribution in [0.5, 0.6) is 5.75 Å². The summed E-state index contributed by atoms with van der Waals surface area (Å²) in [5.74, 6) is -2.17. The molecular formula is C18H14ClN3O9. The predicted molar refractivity (Wildman–Crippen MR) is 99.9 cm³/mol. The molecule has 1 aromatic carbocycles. The predicted octanol–water partition coefficient (Wildman–Crippen LogP) is 2.35. The van der Waals surface area contributed by atoms with Crippen LogP contribution in [0.25, 0.3) is 0 Å². The lowest BCUT2D eigenvalue weighted by atomic mass is 10.0. The third kappa shape index (κ3) is 4.07. The maximum absolute atomic E-state index is 12.6. The van der Waals surface area contributed by atoms with E-state index in [1.54, 1.807) is 37.4 Å². The van der Waals surface area contributed by atoms with Gasteiger partial charge in [-0.2, -0.15) is 0 Å². The Bertz CT molecular complexity index is 1040. The molecule has 12 nitrogen and oxygen atoms in total. The van der Waals surface area contributed by atoms with Gasteiger partial charge in [0.1, 0.15) is 12.0 Å². The molecule has 1 fully saturated rings. The number of pyridine rings is 1. The summed E-state index contributed by atoms with van der Waals surface area (Å²) in [6, 6.07) is 7.05. The molecule has 0 N–H and O–H groups in total. The lowest BCUT2D eigenvalue weighted by molar-refractivity contribution is -0.781. The van der Waals surface area contributed by atoms with Gasteiger partial charge in [-0.3, -0.25) is 9.78 Å². The van der Waals surface area contributed by atoms with Crippen molar-refractivity contribution in [2.75, 3.05) is 0 Å². The number of hydrogen-bond donors (Lipinski definition) is 0. The summed E-state index contributed by atoms with van der Waals surface area (Å²) in [4.78, 5) is 46.6. The van der Waals surface area contributed by atoms with E-state index in [0.29, 0.717) is 21.8 Å². The first-order valence-electron chi connectivity index (χ1n) is 8.95. The topological polar surface area (TPSA) is 153 Å². The summed E-state index contributed by atoms with van der Waals surface area (Å²) in [6.07, 6.45) is -1.70. The fraction of sp³-hybridized carbons (Fsp3) is 0.333. The van der Waals surface area contributed by atoms with Gasteiger partial charge in [0.05, 0.1) is 12.3 Å². The first-order valence-corrected chi connectivity index (χ1v) is 9.33. The number of carbonyl (C=O) groups is 1. The first-order chi connectivity index (χ1) is 14.8. The van der Waals surface area contributed by atoms with Gasteiger partial charge in [-0.1, -0.05) is 23.7 Å². The highest BCUT2D eigenvalue weighted by atomic mass is 35.5. The van der Waals surface area contributed by atoms with Crippen molar-refractivity contribution in [2.45, 2.75) is 31.8 Å². The number of aryl methyl sites for hydroxylation is 1. The second-order valence-corrected chi connectivity index (χ2v) is 7.32. The van der Waals surface area contributed by atoms with Crippen molar-refractivity contribution in [3.63, 3.8) is 0 Å². The quantitative estimate of drug-likeness (QED) is 0.348. The highest BCUT2D eigenvalue weighted by molar-refractivity contribution is 6.30. The van der Waals surface area contributed by atoms with Gasteiger partial charge in [0.25, 0.3) is 10.2 Å². The van der Waals surface area contributed by atoms with E-state index in [2.05, 4.69) is 14.7 Å².